The molecule has 4 rings (SSSR count). The Labute approximate surface area is 219 Å². The Morgan fingerprint density at radius 3 is 2.51 bits per heavy atom. The Hall–Kier alpha value is -2.75. The second kappa shape index (κ2) is 11.3. The Morgan fingerprint density at radius 2 is 1.83 bits per heavy atom. The molecule has 9 heteroatoms. The van der Waals surface area contributed by atoms with Crippen LogP contribution in [0.5, 0.6) is 0 Å². The maximum Gasteiger partial charge on any atom is 0.348 e. The van der Waals surface area contributed by atoms with Gasteiger partial charge in [-0.3, -0.25) is 14.2 Å². The van der Waals surface area contributed by atoms with Gasteiger partial charge in [-0.1, -0.05) is 70.2 Å². The maximum atomic E-state index is 13.6. The van der Waals surface area contributed by atoms with E-state index in [1.807, 2.05) is 42.5 Å². The number of carbonyl (C=O) groups is 2. The van der Waals surface area contributed by atoms with Gasteiger partial charge in [-0.05, 0) is 43.5 Å². The van der Waals surface area contributed by atoms with Crippen molar-refractivity contribution in [2.24, 2.45) is 0 Å². The first-order chi connectivity index (χ1) is 16.9. The molecule has 0 aliphatic carbocycles. The molecular formula is C26H23BrN2O4S2. The normalized spacial score (nSPS) is 11.1. The van der Waals surface area contributed by atoms with Gasteiger partial charge < -0.3 is 4.74 Å². The summed E-state index contributed by atoms with van der Waals surface area (Å²) in [6, 6.07) is 17.1. The fraction of sp³-hybridized carbons (Fsp3) is 0.231. The molecule has 35 heavy (non-hydrogen) atoms. The van der Waals surface area contributed by atoms with Crippen molar-refractivity contribution in [1.82, 2.24) is 9.55 Å². The number of aryl methyl sites for hydroxylation is 2. The fourth-order valence-corrected chi connectivity index (χ4v) is 5.93. The number of thiophene rings is 1. The van der Waals surface area contributed by atoms with Crippen LogP contribution >= 0.6 is 39.0 Å². The van der Waals surface area contributed by atoms with Gasteiger partial charge >= 0.3 is 5.97 Å². The lowest BCUT2D eigenvalue weighted by Gasteiger charge is -2.12. The third kappa shape index (κ3) is 5.74. The highest BCUT2D eigenvalue weighted by atomic mass is 79.9. The lowest BCUT2D eigenvalue weighted by Crippen LogP contribution is -2.24. The van der Waals surface area contributed by atoms with Crippen molar-refractivity contribution in [1.29, 1.82) is 0 Å². The van der Waals surface area contributed by atoms with Gasteiger partial charge in [0.05, 0.1) is 17.7 Å². The number of ether oxygens (including phenoxy) is 1. The Balaban J connectivity index is 1.71. The highest BCUT2D eigenvalue weighted by Crippen LogP contribution is 2.30. The molecule has 0 aliphatic rings. The minimum Gasteiger partial charge on any atom is -0.462 e. The van der Waals surface area contributed by atoms with Crippen LogP contribution in [0.3, 0.4) is 0 Å². The number of nitrogens with zero attached hydrogens (tertiary/aromatic N) is 2. The molecule has 0 saturated heterocycles. The molecule has 0 spiro atoms. The molecule has 0 fully saturated rings. The van der Waals surface area contributed by atoms with Gasteiger partial charge in [0, 0.05) is 16.6 Å². The Bertz CT molecular complexity index is 1430. The van der Waals surface area contributed by atoms with Crippen LogP contribution in [0.25, 0.3) is 10.2 Å². The summed E-state index contributed by atoms with van der Waals surface area (Å²) in [6.45, 7) is 4.15. The summed E-state index contributed by atoms with van der Waals surface area (Å²) in [6.07, 6.45) is 0.635. The van der Waals surface area contributed by atoms with E-state index < -0.39 is 5.97 Å². The quantitative estimate of drug-likeness (QED) is 0.107. The van der Waals surface area contributed by atoms with E-state index in [1.54, 1.807) is 30.5 Å². The lowest BCUT2D eigenvalue weighted by molar-refractivity contribution is 0.0531. The molecule has 0 atom stereocenters. The molecule has 180 valence electrons. The molecule has 0 unspecified atom stereocenters. The van der Waals surface area contributed by atoms with Gasteiger partial charge in [-0.2, -0.15) is 0 Å². The number of thioether (sulfide) groups is 1. The van der Waals surface area contributed by atoms with Crippen LogP contribution in [-0.4, -0.2) is 33.7 Å². The second-order valence-electron chi connectivity index (χ2n) is 7.76. The van der Waals surface area contributed by atoms with Crippen molar-refractivity contribution in [2.75, 3.05) is 12.4 Å². The third-order valence-electron chi connectivity index (χ3n) is 5.44. The van der Waals surface area contributed by atoms with Crippen LogP contribution < -0.4 is 5.56 Å². The topological polar surface area (TPSA) is 78.3 Å². The SMILES string of the molecule is CCOC(=O)c1sc2nc(SCC(=O)c3ccc(Br)cc3)n(CCc3ccccc3)c(=O)c2c1C. The summed E-state index contributed by atoms with van der Waals surface area (Å²) < 4.78 is 7.67. The second-order valence-corrected chi connectivity index (χ2v) is 10.6. The number of esters is 1. The van der Waals surface area contributed by atoms with Crippen LogP contribution in [0.1, 0.15) is 38.1 Å². The summed E-state index contributed by atoms with van der Waals surface area (Å²) in [5.74, 6) is -0.371. The molecule has 2 heterocycles. The van der Waals surface area contributed by atoms with Gasteiger partial charge in [0.15, 0.2) is 10.9 Å². The molecular weight excluding hydrogens is 548 g/mol. The average molecular weight is 572 g/mol. The fourth-order valence-electron chi connectivity index (χ4n) is 3.63. The highest BCUT2D eigenvalue weighted by molar-refractivity contribution is 9.10. The highest BCUT2D eigenvalue weighted by Gasteiger charge is 2.23. The van der Waals surface area contributed by atoms with E-state index in [0.29, 0.717) is 44.3 Å². The Kier molecular flexibility index (Phi) is 8.20. The third-order valence-corrected chi connectivity index (χ3v) is 8.11. The molecule has 0 radical (unpaired) electrons. The van der Waals surface area contributed by atoms with Crippen LogP contribution in [0.2, 0.25) is 0 Å². The maximum absolute atomic E-state index is 13.6. The number of Topliss-reactive ketones (excluding diaryl/α,β-unsaturated/α-hetero) is 1. The molecule has 0 aliphatic heterocycles. The molecule has 2 aromatic carbocycles. The predicted octanol–water partition coefficient (Wildman–Crippen LogP) is 5.92. The summed E-state index contributed by atoms with van der Waals surface area (Å²) in [5, 5.41) is 0.884. The van der Waals surface area contributed by atoms with Crippen LogP contribution in [0.4, 0.5) is 0 Å². The predicted molar refractivity (Wildman–Crippen MR) is 144 cm³/mol. The molecule has 6 nitrogen and oxygen atoms in total. The molecule has 0 saturated carbocycles. The van der Waals surface area contributed by atoms with E-state index in [0.717, 1.165) is 21.4 Å². The van der Waals surface area contributed by atoms with E-state index in [4.69, 9.17) is 9.72 Å². The number of rotatable bonds is 9. The van der Waals surface area contributed by atoms with Gasteiger partial charge in [-0.25, -0.2) is 9.78 Å². The smallest absolute Gasteiger partial charge is 0.348 e. The minimum atomic E-state index is -0.456. The number of ketones is 1. The molecule has 2 aromatic heterocycles. The van der Waals surface area contributed by atoms with Crippen molar-refractivity contribution >= 4 is 61.0 Å². The van der Waals surface area contributed by atoms with Crippen molar-refractivity contribution in [2.45, 2.75) is 32.0 Å². The van der Waals surface area contributed by atoms with Crippen molar-refractivity contribution < 1.29 is 14.3 Å². The number of fused-ring (bicyclic) bond motifs is 1. The van der Waals surface area contributed by atoms with Crippen molar-refractivity contribution in [3.8, 4) is 0 Å². The van der Waals surface area contributed by atoms with Crippen molar-refractivity contribution in [3.63, 3.8) is 0 Å². The number of benzene rings is 2. The van der Waals surface area contributed by atoms with Crippen molar-refractivity contribution in [3.05, 3.63) is 91.0 Å². The van der Waals surface area contributed by atoms with Crippen LogP contribution in [-0.2, 0) is 17.7 Å². The van der Waals surface area contributed by atoms with E-state index in [1.165, 1.54) is 11.8 Å². The number of hydrogen-bond acceptors (Lipinski definition) is 7. The van der Waals surface area contributed by atoms with E-state index >= 15 is 0 Å². The van der Waals surface area contributed by atoms with E-state index in [9.17, 15) is 14.4 Å². The zero-order valence-electron chi connectivity index (χ0n) is 19.2. The molecule has 0 bridgehead atoms. The first-order valence-corrected chi connectivity index (χ1v) is 13.6. The first kappa shape index (κ1) is 25.3. The monoisotopic (exact) mass is 570 g/mol. The zero-order valence-corrected chi connectivity index (χ0v) is 22.5. The molecule has 4 aromatic rings. The van der Waals surface area contributed by atoms with Gasteiger partial charge in [0.1, 0.15) is 9.71 Å². The van der Waals surface area contributed by atoms with E-state index in [2.05, 4.69) is 15.9 Å². The summed E-state index contributed by atoms with van der Waals surface area (Å²) in [5.41, 5.74) is 2.05. The number of aromatic nitrogens is 2. The van der Waals surface area contributed by atoms with Gasteiger partial charge in [0.2, 0.25) is 0 Å². The first-order valence-electron chi connectivity index (χ1n) is 11.1. The lowest BCUT2D eigenvalue weighted by atomic mass is 10.1. The Morgan fingerprint density at radius 1 is 1.11 bits per heavy atom. The largest absolute Gasteiger partial charge is 0.462 e. The minimum absolute atomic E-state index is 0.0546. The number of hydrogen-bond donors (Lipinski definition) is 0. The van der Waals surface area contributed by atoms with E-state index in [-0.39, 0.29) is 23.7 Å². The molecule has 0 N–H and O–H groups in total. The number of halogens is 1. The number of carbonyl (C=O) groups excluding carboxylic acids is 2. The standard InChI is InChI=1S/C26H23BrN2O4S2/c1-3-33-25(32)22-16(2)21-23(35-22)28-26(34-15-20(30)18-9-11-19(27)12-10-18)29(24(21)31)14-13-17-7-5-4-6-8-17/h4-12H,3,13-15H2,1-2H3. The zero-order chi connectivity index (χ0) is 24.9. The van der Waals surface area contributed by atoms with Crippen LogP contribution in [0, 0.1) is 6.92 Å². The average Bonchev–Trinajstić information content (AvgIpc) is 3.19. The summed E-state index contributed by atoms with van der Waals surface area (Å²) in [4.78, 5) is 44.4. The molecule has 0 amide bonds. The summed E-state index contributed by atoms with van der Waals surface area (Å²) >= 11 is 5.76. The van der Waals surface area contributed by atoms with Gasteiger partial charge in [0.25, 0.3) is 5.56 Å². The summed E-state index contributed by atoms with van der Waals surface area (Å²) in [7, 11) is 0. The van der Waals surface area contributed by atoms with Crippen LogP contribution in [0.15, 0.2) is 69.0 Å². The van der Waals surface area contributed by atoms with Gasteiger partial charge in [-0.15, -0.1) is 11.3 Å².